The second-order valence-electron chi connectivity index (χ2n) is 7.21. The van der Waals surface area contributed by atoms with Gasteiger partial charge in [-0.1, -0.05) is 12.1 Å². The highest BCUT2D eigenvalue weighted by Crippen LogP contribution is 2.24. The fourth-order valence-corrected chi connectivity index (χ4v) is 3.70. The lowest BCUT2D eigenvalue weighted by Gasteiger charge is -2.25. The number of rotatable bonds is 5. The number of benzene rings is 1. The predicted molar refractivity (Wildman–Crippen MR) is 107 cm³/mol. The summed E-state index contributed by atoms with van der Waals surface area (Å²) in [5.41, 5.74) is 3.33. The molecule has 9 heteroatoms. The summed E-state index contributed by atoms with van der Waals surface area (Å²) in [5.74, 6) is 2.21. The summed E-state index contributed by atoms with van der Waals surface area (Å²) in [7, 11) is 0. The number of hydrogen-bond acceptors (Lipinski definition) is 7. The Labute approximate surface area is 161 Å². The monoisotopic (exact) mass is 378 g/mol. The Morgan fingerprint density at radius 2 is 1.89 bits per heavy atom. The van der Waals surface area contributed by atoms with Crippen LogP contribution in [0.5, 0.6) is 0 Å². The average Bonchev–Trinajstić information content (AvgIpc) is 3.31. The van der Waals surface area contributed by atoms with Crippen molar-refractivity contribution in [2.45, 2.75) is 44.4 Å². The lowest BCUT2D eigenvalue weighted by Crippen LogP contribution is -2.28. The maximum absolute atomic E-state index is 9.66. The number of aliphatic hydroxyl groups excluding tert-OH is 1. The zero-order chi connectivity index (χ0) is 18.9. The van der Waals surface area contributed by atoms with Gasteiger partial charge in [0.2, 0.25) is 5.95 Å². The summed E-state index contributed by atoms with van der Waals surface area (Å²) in [6, 6.07) is 8.25. The van der Waals surface area contributed by atoms with Crippen molar-refractivity contribution in [1.29, 1.82) is 0 Å². The van der Waals surface area contributed by atoms with Crippen molar-refractivity contribution in [2.75, 3.05) is 10.6 Å². The van der Waals surface area contributed by atoms with E-state index in [4.69, 9.17) is 0 Å². The number of anilines is 2. The minimum Gasteiger partial charge on any atom is -0.393 e. The number of nitrogens with zero attached hydrogens (tertiary/aromatic N) is 4. The third-order valence-electron chi connectivity index (χ3n) is 5.19. The Balaban J connectivity index is 1.32. The highest BCUT2D eigenvalue weighted by atomic mass is 16.3. The van der Waals surface area contributed by atoms with Gasteiger partial charge < -0.3 is 25.7 Å². The van der Waals surface area contributed by atoms with Crippen LogP contribution in [0, 0.1) is 0 Å². The smallest absolute Gasteiger partial charge is 0.203 e. The quantitative estimate of drug-likeness (QED) is 0.361. The van der Waals surface area contributed by atoms with Crippen molar-refractivity contribution in [2.24, 2.45) is 0 Å². The lowest BCUT2D eigenvalue weighted by atomic mass is 9.93. The molecule has 28 heavy (non-hydrogen) atoms. The summed E-state index contributed by atoms with van der Waals surface area (Å²) in [6.45, 7) is 0.517. The molecule has 0 amide bonds. The Morgan fingerprint density at radius 3 is 2.75 bits per heavy atom. The van der Waals surface area contributed by atoms with Gasteiger partial charge in [0.25, 0.3) is 0 Å². The van der Waals surface area contributed by atoms with E-state index in [9.17, 15) is 5.11 Å². The van der Waals surface area contributed by atoms with Crippen LogP contribution in [0.25, 0.3) is 22.2 Å². The van der Waals surface area contributed by atoms with Crippen LogP contribution in [-0.2, 0) is 6.54 Å². The summed E-state index contributed by atoms with van der Waals surface area (Å²) in [4.78, 5) is 24.3. The standard InChI is InChI=1S/C19H22N8O/c28-12-7-5-11(6-8-12)23-19-26-16-17(21-10-22-18(16)27-19)20-9-15-24-13-3-1-2-4-14(13)25-15/h1-4,10-12,28H,5-9H2,(H,24,25)(H3,20,21,22,23,26,27). The molecular weight excluding hydrogens is 356 g/mol. The molecular formula is C19H22N8O. The van der Waals surface area contributed by atoms with E-state index in [1.165, 1.54) is 6.33 Å². The number of imidazole rings is 2. The molecule has 0 atom stereocenters. The lowest BCUT2D eigenvalue weighted by molar-refractivity contribution is 0.126. The number of fused-ring (bicyclic) bond motifs is 2. The van der Waals surface area contributed by atoms with Gasteiger partial charge in [0.1, 0.15) is 17.7 Å². The normalized spacial score (nSPS) is 19.9. The Hall–Kier alpha value is -3.20. The zero-order valence-electron chi connectivity index (χ0n) is 15.3. The van der Waals surface area contributed by atoms with Crippen molar-refractivity contribution in [3.05, 3.63) is 36.4 Å². The molecule has 1 aliphatic carbocycles. The van der Waals surface area contributed by atoms with Gasteiger partial charge in [0.05, 0.1) is 23.7 Å². The van der Waals surface area contributed by atoms with Crippen LogP contribution in [0.1, 0.15) is 31.5 Å². The van der Waals surface area contributed by atoms with Gasteiger partial charge in [0, 0.05) is 6.04 Å². The molecule has 1 saturated carbocycles. The Bertz CT molecular complexity index is 1060. The minimum atomic E-state index is -0.173. The molecule has 0 unspecified atom stereocenters. The van der Waals surface area contributed by atoms with Gasteiger partial charge in [-0.05, 0) is 37.8 Å². The number of aromatic amines is 2. The summed E-state index contributed by atoms with van der Waals surface area (Å²) in [5, 5.41) is 16.4. The van der Waals surface area contributed by atoms with Crippen LogP contribution in [0.4, 0.5) is 11.8 Å². The molecule has 3 aromatic heterocycles. The molecule has 5 N–H and O–H groups in total. The molecule has 1 aliphatic rings. The van der Waals surface area contributed by atoms with Crippen molar-refractivity contribution in [1.82, 2.24) is 29.9 Å². The van der Waals surface area contributed by atoms with Crippen LogP contribution in [0.2, 0.25) is 0 Å². The SMILES string of the molecule is OC1CCC(Nc2nc3ncnc(NCc4nc5ccccc5[nH]4)c3[nH]2)CC1. The molecule has 5 rings (SSSR count). The summed E-state index contributed by atoms with van der Waals surface area (Å²) < 4.78 is 0. The molecule has 9 nitrogen and oxygen atoms in total. The van der Waals surface area contributed by atoms with Gasteiger partial charge >= 0.3 is 0 Å². The number of aromatic nitrogens is 6. The third-order valence-corrected chi connectivity index (χ3v) is 5.19. The van der Waals surface area contributed by atoms with Crippen molar-refractivity contribution < 1.29 is 5.11 Å². The van der Waals surface area contributed by atoms with Gasteiger partial charge in [-0.25, -0.2) is 15.0 Å². The first-order valence-electron chi connectivity index (χ1n) is 9.57. The molecule has 0 bridgehead atoms. The molecule has 4 aromatic rings. The van der Waals surface area contributed by atoms with Crippen LogP contribution >= 0.6 is 0 Å². The molecule has 0 spiro atoms. The number of aliphatic hydroxyl groups is 1. The zero-order valence-corrected chi connectivity index (χ0v) is 15.3. The van der Waals surface area contributed by atoms with Crippen LogP contribution in [0.15, 0.2) is 30.6 Å². The second-order valence-corrected chi connectivity index (χ2v) is 7.21. The van der Waals surface area contributed by atoms with Crippen molar-refractivity contribution in [3.63, 3.8) is 0 Å². The molecule has 3 heterocycles. The van der Waals surface area contributed by atoms with Gasteiger partial charge in [0.15, 0.2) is 11.5 Å². The van der Waals surface area contributed by atoms with Gasteiger partial charge in [-0.3, -0.25) is 0 Å². The van der Waals surface area contributed by atoms with Crippen LogP contribution in [-0.4, -0.2) is 47.2 Å². The number of nitrogens with one attached hydrogen (secondary N) is 4. The fourth-order valence-electron chi connectivity index (χ4n) is 3.70. The molecule has 0 saturated heterocycles. The van der Waals surface area contributed by atoms with E-state index in [-0.39, 0.29) is 6.10 Å². The first kappa shape index (κ1) is 16.9. The minimum absolute atomic E-state index is 0.173. The number of para-hydroxylation sites is 2. The van der Waals surface area contributed by atoms with Crippen molar-refractivity contribution in [3.8, 4) is 0 Å². The van der Waals surface area contributed by atoms with E-state index in [0.717, 1.165) is 48.1 Å². The van der Waals surface area contributed by atoms with E-state index >= 15 is 0 Å². The van der Waals surface area contributed by atoms with E-state index < -0.39 is 0 Å². The average molecular weight is 378 g/mol. The van der Waals surface area contributed by atoms with E-state index in [1.54, 1.807) is 0 Å². The summed E-state index contributed by atoms with van der Waals surface area (Å²) in [6.07, 6.45) is 4.84. The van der Waals surface area contributed by atoms with Crippen molar-refractivity contribution >= 4 is 34.0 Å². The predicted octanol–water partition coefficient (Wildman–Crippen LogP) is 2.56. The van der Waals surface area contributed by atoms with E-state index in [2.05, 4.69) is 40.5 Å². The first-order valence-corrected chi connectivity index (χ1v) is 9.57. The maximum Gasteiger partial charge on any atom is 0.203 e. The number of hydrogen-bond donors (Lipinski definition) is 5. The largest absolute Gasteiger partial charge is 0.393 e. The summed E-state index contributed by atoms with van der Waals surface area (Å²) >= 11 is 0. The Morgan fingerprint density at radius 1 is 1.04 bits per heavy atom. The van der Waals surface area contributed by atoms with E-state index in [0.29, 0.717) is 30.0 Å². The Kier molecular flexibility index (Phi) is 4.28. The molecule has 0 radical (unpaired) electrons. The topological polar surface area (TPSA) is 127 Å². The van der Waals surface area contributed by atoms with Crippen LogP contribution < -0.4 is 10.6 Å². The highest BCUT2D eigenvalue weighted by molar-refractivity contribution is 5.84. The molecule has 1 aromatic carbocycles. The molecule has 1 fully saturated rings. The molecule has 0 aliphatic heterocycles. The van der Waals surface area contributed by atoms with E-state index in [1.807, 2.05) is 24.3 Å². The first-order chi connectivity index (χ1) is 13.7. The second kappa shape index (κ2) is 7.08. The van der Waals surface area contributed by atoms with Crippen LogP contribution in [0.3, 0.4) is 0 Å². The maximum atomic E-state index is 9.66. The highest BCUT2D eigenvalue weighted by Gasteiger charge is 2.20. The van der Waals surface area contributed by atoms with Gasteiger partial charge in [-0.15, -0.1) is 0 Å². The molecule has 144 valence electrons. The van der Waals surface area contributed by atoms with Gasteiger partial charge in [-0.2, -0.15) is 4.98 Å². The fraction of sp³-hybridized carbons (Fsp3) is 0.368. The number of H-pyrrole nitrogens is 2. The third kappa shape index (κ3) is 3.36.